The lowest BCUT2D eigenvalue weighted by atomic mass is 9.82. The number of nitrogens with zero attached hydrogens (tertiary/aromatic N) is 2. The lowest BCUT2D eigenvalue weighted by Gasteiger charge is -2.45. The molecule has 2 aromatic heterocycles. The van der Waals surface area contributed by atoms with Gasteiger partial charge in [0, 0.05) is 36.3 Å². The van der Waals surface area contributed by atoms with E-state index < -0.39 is 0 Å². The quantitative estimate of drug-likeness (QED) is 0.805. The number of rotatable bonds is 4. The fraction of sp³-hybridized carbons (Fsp3) is 0.571. The molecular formula is C21H26N4O3S. The van der Waals surface area contributed by atoms with Crippen LogP contribution in [0, 0.1) is 5.92 Å². The van der Waals surface area contributed by atoms with E-state index in [-0.39, 0.29) is 17.4 Å². The first-order chi connectivity index (χ1) is 14.1. The maximum atomic E-state index is 12.6. The van der Waals surface area contributed by atoms with E-state index in [9.17, 15) is 9.59 Å². The summed E-state index contributed by atoms with van der Waals surface area (Å²) in [5.41, 5.74) is 0.886. The van der Waals surface area contributed by atoms with Gasteiger partial charge in [0.15, 0.2) is 0 Å². The van der Waals surface area contributed by atoms with Crippen LogP contribution in [0.25, 0.3) is 0 Å². The monoisotopic (exact) mass is 414 g/mol. The van der Waals surface area contributed by atoms with E-state index in [4.69, 9.17) is 4.74 Å². The zero-order chi connectivity index (χ0) is 19.8. The fourth-order valence-corrected chi connectivity index (χ4v) is 5.88. The molecule has 7 nitrogen and oxygen atoms in total. The van der Waals surface area contributed by atoms with Crippen LogP contribution < -0.4 is 5.32 Å². The maximum Gasteiger partial charge on any atom is 0.261 e. The number of nitrogens with one attached hydrogen (secondary N) is 2. The van der Waals surface area contributed by atoms with E-state index in [1.165, 1.54) is 16.9 Å². The van der Waals surface area contributed by atoms with Crippen LogP contribution in [0.15, 0.2) is 18.5 Å². The number of likely N-dealkylation sites (tertiary alicyclic amines) is 1. The molecule has 1 aliphatic carbocycles. The molecule has 1 saturated heterocycles. The van der Waals surface area contributed by atoms with Crippen LogP contribution in [-0.2, 0) is 28.1 Å². The average Bonchev–Trinajstić information content (AvgIpc) is 3.36. The van der Waals surface area contributed by atoms with Crippen molar-refractivity contribution in [1.82, 2.24) is 20.2 Å². The molecule has 0 atom stereocenters. The summed E-state index contributed by atoms with van der Waals surface area (Å²) in [7, 11) is 0. The van der Waals surface area contributed by atoms with E-state index in [0.717, 1.165) is 55.9 Å². The highest BCUT2D eigenvalue weighted by Gasteiger charge is 2.44. The van der Waals surface area contributed by atoms with Crippen molar-refractivity contribution in [3.63, 3.8) is 0 Å². The van der Waals surface area contributed by atoms with E-state index in [1.807, 2.05) is 11.0 Å². The topological polar surface area (TPSA) is 87.3 Å². The lowest BCUT2D eigenvalue weighted by molar-refractivity contribution is -0.146. The first-order valence-electron chi connectivity index (χ1n) is 10.5. The van der Waals surface area contributed by atoms with Crippen molar-refractivity contribution in [1.29, 1.82) is 0 Å². The van der Waals surface area contributed by atoms with Crippen molar-refractivity contribution in [2.45, 2.75) is 50.7 Å². The van der Waals surface area contributed by atoms with Gasteiger partial charge >= 0.3 is 0 Å². The molecule has 5 rings (SSSR count). The molecule has 1 spiro atoms. The Morgan fingerprint density at radius 2 is 2.17 bits per heavy atom. The molecule has 8 heteroatoms. The number of hydrogen-bond donors (Lipinski definition) is 2. The standard InChI is InChI=1S/C21H26N4O3S/c26-19(24-13-17-22-7-8-23-17)16-12-15-4-11-28-21(18(15)29-16)5-9-25(10-6-21)20(27)14-2-1-3-14/h7-8,12,14H,1-6,9-11,13H2,(H,22,23)(H,24,26). The van der Waals surface area contributed by atoms with Crippen LogP contribution >= 0.6 is 11.3 Å². The van der Waals surface area contributed by atoms with Gasteiger partial charge in [0.1, 0.15) is 11.4 Å². The number of thiophene rings is 1. The molecule has 1 saturated carbocycles. The SMILES string of the molecule is O=C(NCc1ncc[nH]1)c1cc2c(s1)C1(CCN(C(=O)C3CCC3)CC1)OCC2. The Morgan fingerprint density at radius 3 is 2.86 bits per heavy atom. The fourth-order valence-electron chi connectivity index (χ4n) is 4.55. The molecule has 2 amide bonds. The number of carbonyl (C=O) groups is 2. The molecule has 2 aliphatic heterocycles. The minimum atomic E-state index is -0.339. The van der Waals surface area contributed by atoms with Crippen molar-refractivity contribution in [2.75, 3.05) is 19.7 Å². The van der Waals surface area contributed by atoms with Gasteiger partial charge in [0.05, 0.1) is 18.0 Å². The summed E-state index contributed by atoms with van der Waals surface area (Å²) < 4.78 is 6.30. The Labute approximate surface area is 173 Å². The molecule has 3 aliphatic rings. The minimum absolute atomic E-state index is 0.0754. The number of aromatic amines is 1. The number of amides is 2. The predicted molar refractivity (Wildman–Crippen MR) is 109 cm³/mol. The first kappa shape index (κ1) is 18.8. The molecule has 2 N–H and O–H groups in total. The van der Waals surface area contributed by atoms with Crippen LogP contribution in [-0.4, -0.2) is 46.4 Å². The van der Waals surface area contributed by atoms with Gasteiger partial charge in [-0.05, 0) is 43.7 Å². The van der Waals surface area contributed by atoms with Gasteiger partial charge in [0.2, 0.25) is 5.91 Å². The van der Waals surface area contributed by atoms with Crippen molar-refractivity contribution in [3.05, 3.63) is 39.6 Å². The molecular weight excluding hydrogens is 388 g/mol. The van der Waals surface area contributed by atoms with E-state index in [1.54, 1.807) is 23.7 Å². The highest BCUT2D eigenvalue weighted by Crippen LogP contribution is 2.46. The summed E-state index contributed by atoms with van der Waals surface area (Å²) in [6.07, 6.45) is 9.15. The van der Waals surface area contributed by atoms with Gasteiger partial charge in [-0.3, -0.25) is 9.59 Å². The number of imidazole rings is 1. The number of ether oxygens (including phenoxy) is 1. The summed E-state index contributed by atoms with van der Waals surface area (Å²) in [6, 6.07) is 2.02. The molecule has 2 aromatic rings. The Kier molecular flexibility index (Phi) is 4.91. The number of piperidine rings is 1. The number of fused-ring (bicyclic) bond motifs is 2. The third kappa shape index (κ3) is 3.48. The summed E-state index contributed by atoms with van der Waals surface area (Å²) in [5.74, 6) is 1.24. The number of carbonyl (C=O) groups excluding carboxylic acids is 2. The predicted octanol–water partition coefficient (Wildman–Crippen LogP) is 2.59. The Hall–Kier alpha value is -2.19. The number of hydrogen-bond acceptors (Lipinski definition) is 5. The molecule has 4 heterocycles. The van der Waals surface area contributed by atoms with Crippen LogP contribution in [0.5, 0.6) is 0 Å². The third-order valence-electron chi connectivity index (χ3n) is 6.50. The van der Waals surface area contributed by atoms with Crippen LogP contribution in [0.2, 0.25) is 0 Å². The summed E-state index contributed by atoms with van der Waals surface area (Å²) in [4.78, 5) is 36.3. The molecule has 0 aromatic carbocycles. The van der Waals surface area contributed by atoms with Crippen molar-refractivity contribution in [2.24, 2.45) is 5.92 Å². The zero-order valence-electron chi connectivity index (χ0n) is 16.4. The second-order valence-corrected chi connectivity index (χ2v) is 9.28. The maximum absolute atomic E-state index is 12.6. The largest absolute Gasteiger partial charge is 0.369 e. The van der Waals surface area contributed by atoms with Crippen molar-refractivity contribution < 1.29 is 14.3 Å². The smallest absolute Gasteiger partial charge is 0.261 e. The molecule has 154 valence electrons. The Morgan fingerprint density at radius 1 is 1.34 bits per heavy atom. The van der Waals surface area contributed by atoms with Crippen LogP contribution in [0.4, 0.5) is 0 Å². The lowest BCUT2D eigenvalue weighted by Crippen LogP contribution is -2.50. The summed E-state index contributed by atoms with van der Waals surface area (Å²) >= 11 is 1.55. The molecule has 29 heavy (non-hydrogen) atoms. The van der Waals surface area contributed by atoms with Gasteiger partial charge in [-0.15, -0.1) is 11.3 Å². The Balaban J connectivity index is 1.28. The number of aromatic nitrogens is 2. The highest BCUT2D eigenvalue weighted by atomic mass is 32.1. The van der Waals surface area contributed by atoms with Gasteiger partial charge < -0.3 is 19.9 Å². The van der Waals surface area contributed by atoms with Crippen LogP contribution in [0.3, 0.4) is 0 Å². The summed E-state index contributed by atoms with van der Waals surface area (Å²) in [5, 5.41) is 2.93. The molecule has 0 unspecified atom stereocenters. The Bertz CT molecular complexity index is 895. The zero-order valence-corrected chi connectivity index (χ0v) is 17.2. The van der Waals surface area contributed by atoms with E-state index >= 15 is 0 Å². The van der Waals surface area contributed by atoms with E-state index in [0.29, 0.717) is 19.1 Å². The first-order valence-corrected chi connectivity index (χ1v) is 11.3. The average molecular weight is 415 g/mol. The second kappa shape index (κ2) is 7.57. The van der Waals surface area contributed by atoms with Gasteiger partial charge in [0.25, 0.3) is 5.91 Å². The van der Waals surface area contributed by atoms with Gasteiger partial charge in [-0.2, -0.15) is 0 Å². The van der Waals surface area contributed by atoms with Gasteiger partial charge in [-0.1, -0.05) is 6.42 Å². The molecule has 2 fully saturated rings. The normalized spacial score (nSPS) is 20.9. The van der Waals surface area contributed by atoms with Crippen molar-refractivity contribution >= 4 is 23.2 Å². The minimum Gasteiger partial charge on any atom is -0.369 e. The summed E-state index contributed by atoms with van der Waals surface area (Å²) in [6.45, 7) is 2.54. The molecule has 0 radical (unpaired) electrons. The van der Waals surface area contributed by atoms with Gasteiger partial charge in [-0.25, -0.2) is 4.98 Å². The third-order valence-corrected chi connectivity index (χ3v) is 7.87. The van der Waals surface area contributed by atoms with E-state index in [2.05, 4.69) is 15.3 Å². The number of H-pyrrole nitrogens is 1. The second-order valence-electron chi connectivity index (χ2n) is 8.23. The highest BCUT2D eigenvalue weighted by molar-refractivity contribution is 7.14. The van der Waals surface area contributed by atoms with Crippen molar-refractivity contribution in [3.8, 4) is 0 Å². The molecule has 0 bridgehead atoms. The van der Waals surface area contributed by atoms with Crippen LogP contribution in [0.1, 0.15) is 58.0 Å².